The van der Waals surface area contributed by atoms with Gasteiger partial charge in [-0.1, -0.05) is 31.1 Å². The zero-order valence-corrected chi connectivity index (χ0v) is 21.0. The summed E-state index contributed by atoms with van der Waals surface area (Å²) in [5, 5.41) is 22.2. The van der Waals surface area contributed by atoms with Crippen molar-refractivity contribution in [2.75, 3.05) is 0 Å². The lowest BCUT2D eigenvalue weighted by Crippen LogP contribution is -2.57. The quantitative estimate of drug-likeness (QED) is 0.475. The highest BCUT2D eigenvalue weighted by Crippen LogP contribution is 2.71. The van der Waals surface area contributed by atoms with E-state index in [1.807, 2.05) is 13.0 Å². The molecule has 7 rings (SSSR count). The van der Waals surface area contributed by atoms with E-state index in [0.717, 1.165) is 32.1 Å². The molecule has 0 amide bonds. The van der Waals surface area contributed by atoms with Crippen molar-refractivity contribution in [3.05, 3.63) is 23.3 Å². The molecule has 0 aromatic rings. The van der Waals surface area contributed by atoms with Crippen molar-refractivity contribution in [3.63, 3.8) is 0 Å². The van der Waals surface area contributed by atoms with Crippen molar-refractivity contribution < 1.29 is 29.2 Å². The number of aliphatic hydroxyl groups is 2. The van der Waals surface area contributed by atoms with Crippen LogP contribution in [0, 0.1) is 28.6 Å². The number of carbonyl (C=O) groups is 1. The summed E-state index contributed by atoms with van der Waals surface area (Å²) in [5.74, 6) is 0.805. The molecule has 6 heteroatoms. The summed E-state index contributed by atoms with van der Waals surface area (Å²) in [4.78, 5) is 13.3. The maximum Gasteiger partial charge on any atom is 0.186 e. The van der Waals surface area contributed by atoms with Crippen molar-refractivity contribution in [1.82, 2.24) is 0 Å². The Hall–Kier alpha value is -1.05. The second-order valence-corrected chi connectivity index (χ2v) is 13.1. The van der Waals surface area contributed by atoms with E-state index in [1.54, 1.807) is 6.08 Å². The van der Waals surface area contributed by atoms with Crippen LogP contribution in [-0.4, -0.2) is 57.4 Å². The van der Waals surface area contributed by atoms with Gasteiger partial charge in [-0.15, -0.1) is 0 Å². The molecular formula is C28H38O6. The molecule has 1 spiro atoms. The first-order valence-corrected chi connectivity index (χ1v) is 13.3. The Balaban J connectivity index is 1.23. The molecule has 12 atom stereocenters. The third kappa shape index (κ3) is 2.26. The largest absolute Gasteiger partial charge is 0.392 e. The first-order valence-electron chi connectivity index (χ1n) is 13.3. The number of aliphatic hydroxyl groups excluding tert-OH is 2. The van der Waals surface area contributed by atoms with Crippen LogP contribution in [0.15, 0.2) is 23.3 Å². The molecule has 34 heavy (non-hydrogen) atoms. The molecule has 6 nitrogen and oxygen atoms in total. The van der Waals surface area contributed by atoms with Gasteiger partial charge in [-0.3, -0.25) is 4.79 Å². The van der Waals surface area contributed by atoms with Gasteiger partial charge >= 0.3 is 0 Å². The normalized spacial score (nSPS) is 60.0. The number of hydrogen-bond acceptors (Lipinski definition) is 6. The Bertz CT molecular complexity index is 1050. The summed E-state index contributed by atoms with van der Waals surface area (Å²) in [6.45, 7) is 10.5. The lowest BCUT2D eigenvalue weighted by molar-refractivity contribution is -0.206. The number of allylic oxidation sites excluding steroid dienone is 1. The summed E-state index contributed by atoms with van der Waals surface area (Å²) in [5.41, 5.74) is 0.555. The minimum atomic E-state index is -0.950. The van der Waals surface area contributed by atoms with Crippen LogP contribution in [0.2, 0.25) is 0 Å². The number of fused-ring (bicyclic) bond motifs is 4. The molecule has 3 aliphatic heterocycles. The van der Waals surface area contributed by atoms with Crippen LogP contribution in [0.4, 0.5) is 0 Å². The van der Waals surface area contributed by atoms with Gasteiger partial charge in [0.1, 0.15) is 16.8 Å². The first-order chi connectivity index (χ1) is 15.9. The SMILES string of the molecule is C[C@H]([C@H]1C[C@]2(C)O[C@]2(C)[C@H](O)O1)[C@@]1(C)C2=C(C[C@@H]1O)[C@@H]1C[C@@H]3O[C@@]34CC=CC(=O)[C@]4(C)[C@H]1CC2. The number of epoxide rings is 2. The van der Waals surface area contributed by atoms with E-state index < -0.39 is 28.8 Å². The van der Waals surface area contributed by atoms with E-state index >= 15 is 0 Å². The van der Waals surface area contributed by atoms with E-state index in [1.165, 1.54) is 11.1 Å². The highest BCUT2D eigenvalue weighted by molar-refractivity contribution is 5.97. The van der Waals surface area contributed by atoms with Crippen molar-refractivity contribution in [2.24, 2.45) is 28.6 Å². The lowest BCUT2D eigenvalue weighted by atomic mass is 9.49. The standard InChI is InChI=1S/C28H38O6/c1-14(19-13-24(2)27(5,34-24)23(31)32-19)25(3)17-8-9-18-16(15(17)11-21(25)30)12-22-28(33-22)10-6-7-20(29)26(18,28)4/h6-7,14,16,18-19,21-23,30-31H,8-13H2,1-5H3/t14-,16+,18+,19-,21+,22+,23-,24+,25+,26+,27-,28+/m1/s1. The fourth-order valence-electron chi connectivity index (χ4n) is 9.38. The van der Waals surface area contributed by atoms with Crippen molar-refractivity contribution in [2.45, 2.75) is 115 Å². The fraction of sp³-hybridized carbons (Fsp3) is 0.821. The highest BCUT2D eigenvalue weighted by Gasteiger charge is 2.77. The number of hydrogen-bond donors (Lipinski definition) is 2. The number of rotatable bonds is 2. The van der Waals surface area contributed by atoms with Crippen LogP contribution in [0.1, 0.15) is 73.1 Å². The van der Waals surface area contributed by atoms with Gasteiger partial charge in [0.2, 0.25) is 0 Å². The van der Waals surface area contributed by atoms with E-state index in [2.05, 4.69) is 27.7 Å². The Labute approximate surface area is 201 Å². The molecule has 186 valence electrons. The van der Waals surface area contributed by atoms with Gasteiger partial charge in [0.05, 0.1) is 23.7 Å². The smallest absolute Gasteiger partial charge is 0.186 e. The number of ketones is 1. The van der Waals surface area contributed by atoms with Crippen LogP contribution >= 0.6 is 0 Å². The molecule has 0 unspecified atom stereocenters. The van der Waals surface area contributed by atoms with Gasteiger partial charge in [0, 0.05) is 11.8 Å². The Morgan fingerprint density at radius 2 is 1.94 bits per heavy atom. The summed E-state index contributed by atoms with van der Waals surface area (Å²) < 4.78 is 18.4. The van der Waals surface area contributed by atoms with Gasteiger partial charge in [-0.2, -0.15) is 0 Å². The molecule has 1 saturated carbocycles. The van der Waals surface area contributed by atoms with E-state index in [0.29, 0.717) is 12.3 Å². The maximum atomic E-state index is 13.3. The van der Waals surface area contributed by atoms with Gasteiger partial charge in [0.25, 0.3) is 0 Å². The zero-order chi connectivity index (χ0) is 24.1. The second kappa shape index (κ2) is 6.25. The molecule has 2 N–H and O–H groups in total. The average molecular weight is 471 g/mol. The van der Waals surface area contributed by atoms with Crippen LogP contribution in [0.25, 0.3) is 0 Å². The predicted molar refractivity (Wildman–Crippen MR) is 124 cm³/mol. The molecule has 0 bridgehead atoms. The molecular weight excluding hydrogens is 432 g/mol. The van der Waals surface area contributed by atoms with Crippen molar-refractivity contribution in [1.29, 1.82) is 0 Å². The van der Waals surface area contributed by atoms with Crippen molar-refractivity contribution in [3.8, 4) is 0 Å². The summed E-state index contributed by atoms with van der Waals surface area (Å²) in [6.07, 6.45) is 7.35. The predicted octanol–water partition coefficient (Wildman–Crippen LogP) is 3.45. The van der Waals surface area contributed by atoms with Crippen LogP contribution in [0.3, 0.4) is 0 Å². The molecule has 3 heterocycles. The van der Waals surface area contributed by atoms with Crippen molar-refractivity contribution >= 4 is 5.78 Å². The Kier molecular flexibility index (Phi) is 4.08. The molecule has 3 saturated heterocycles. The van der Waals surface area contributed by atoms with Crippen LogP contribution < -0.4 is 0 Å². The highest BCUT2D eigenvalue weighted by atomic mass is 16.7. The molecule has 0 aromatic heterocycles. The van der Waals surface area contributed by atoms with Crippen LogP contribution in [0.5, 0.6) is 0 Å². The molecule has 4 fully saturated rings. The second-order valence-electron chi connectivity index (χ2n) is 13.1. The zero-order valence-electron chi connectivity index (χ0n) is 21.0. The topological polar surface area (TPSA) is 91.8 Å². The fourth-order valence-corrected chi connectivity index (χ4v) is 9.38. The molecule has 7 aliphatic rings. The summed E-state index contributed by atoms with van der Waals surface area (Å²) in [6, 6.07) is 0. The third-order valence-electron chi connectivity index (χ3n) is 12.2. The maximum absolute atomic E-state index is 13.3. The summed E-state index contributed by atoms with van der Waals surface area (Å²) >= 11 is 0. The molecule has 0 radical (unpaired) electrons. The number of carbonyl (C=O) groups excluding carboxylic acids is 1. The average Bonchev–Trinajstić information content (AvgIpc) is 3.61. The first kappa shape index (κ1) is 22.2. The summed E-state index contributed by atoms with van der Waals surface area (Å²) in [7, 11) is 0. The Morgan fingerprint density at radius 1 is 1.18 bits per heavy atom. The van der Waals surface area contributed by atoms with Gasteiger partial charge in [-0.05, 0) is 76.7 Å². The monoisotopic (exact) mass is 470 g/mol. The van der Waals surface area contributed by atoms with Gasteiger partial charge < -0.3 is 24.4 Å². The molecule has 4 aliphatic carbocycles. The lowest BCUT2D eigenvalue weighted by Gasteiger charge is -2.52. The van der Waals surface area contributed by atoms with Gasteiger partial charge in [0.15, 0.2) is 12.1 Å². The van der Waals surface area contributed by atoms with Gasteiger partial charge in [-0.25, -0.2) is 0 Å². The van der Waals surface area contributed by atoms with E-state index in [-0.39, 0.29) is 41.0 Å². The molecule has 0 aromatic carbocycles. The number of ether oxygens (including phenoxy) is 3. The Morgan fingerprint density at radius 3 is 2.68 bits per heavy atom. The third-order valence-corrected chi connectivity index (χ3v) is 12.2. The van der Waals surface area contributed by atoms with Crippen LogP contribution in [-0.2, 0) is 19.0 Å². The minimum Gasteiger partial charge on any atom is -0.392 e. The minimum absolute atomic E-state index is 0.0291. The van der Waals surface area contributed by atoms with E-state index in [4.69, 9.17) is 14.2 Å². The van der Waals surface area contributed by atoms with E-state index in [9.17, 15) is 15.0 Å².